The molecule has 0 aliphatic rings. The lowest BCUT2D eigenvalue weighted by molar-refractivity contribution is 0.140. The van der Waals surface area contributed by atoms with Crippen molar-refractivity contribution < 1.29 is 13.9 Å². The number of amides is 1. The summed E-state index contributed by atoms with van der Waals surface area (Å²) in [5.74, 6) is 0.810. The van der Waals surface area contributed by atoms with Gasteiger partial charge < -0.3 is 20.4 Å². The number of fused-ring (bicyclic) bond motifs is 2. The van der Waals surface area contributed by atoms with Crippen molar-refractivity contribution in [2.45, 2.75) is 25.8 Å². The van der Waals surface area contributed by atoms with Crippen molar-refractivity contribution >= 4 is 44.6 Å². The van der Waals surface area contributed by atoms with E-state index in [-0.39, 0.29) is 30.6 Å². The molecule has 36 heavy (non-hydrogen) atoms. The predicted molar refractivity (Wildman–Crippen MR) is 134 cm³/mol. The van der Waals surface area contributed by atoms with Crippen molar-refractivity contribution in [3.8, 4) is 0 Å². The molecule has 0 fully saturated rings. The van der Waals surface area contributed by atoms with Crippen molar-refractivity contribution in [3.63, 3.8) is 0 Å². The summed E-state index contributed by atoms with van der Waals surface area (Å²) in [6.07, 6.45) is 2.97. The molecular formula is C24H23FN8O2S. The maximum absolute atomic E-state index is 13.8. The van der Waals surface area contributed by atoms with Gasteiger partial charge in [-0.25, -0.2) is 29.1 Å². The zero-order valence-electron chi connectivity index (χ0n) is 19.4. The average molecular weight is 507 g/mol. The number of alkyl carbamates (subject to hydrolysis) is 1. The van der Waals surface area contributed by atoms with E-state index in [2.05, 4.69) is 40.5 Å². The van der Waals surface area contributed by atoms with E-state index in [0.29, 0.717) is 29.1 Å². The molecule has 3 N–H and O–H groups in total. The third kappa shape index (κ3) is 5.38. The van der Waals surface area contributed by atoms with E-state index in [9.17, 15) is 9.18 Å². The second-order valence-corrected chi connectivity index (χ2v) is 9.15. The third-order valence-electron chi connectivity index (χ3n) is 5.44. The van der Waals surface area contributed by atoms with Crippen LogP contribution in [-0.2, 0) is 17.7 Å². The number of pyridine rings is 1. The van der Waals surface area contributed by atoms with Crippen LogP contribution >= 0.6 is 11.3 Å². The first-order chi connectivity index (χ1) is 17.6. The first-order valence-electron chi connectivity index (χ1n) is 11.4. The number of anilines is 1. The van der Waals surface area contributed by atoms with Crippen LogP contribution in [0.1, 0.15) is 29.4 Å². The Morgan fingerprint density at radius 2 is 2.06 bits per heavy atom. The van der Waals surface area contributed by atoms with Gasteiger partial charge in [0.15, 0.2) is 5.82 Å². The number of carbonyl (C=O) groups is 1. The van der Waals surface area contributed by atoms with Crippen LogP contribution in [0.2, 0.25) is 0 Å². The van der Waals surface area contributed by atoms with Crippen LogP contribution in [0.5, 0.6) is 0 Å². The van der Waals surface area contributed by atoms with Crippen molar-refractivity contribution in [1.82, 2.24) is 35.2 Å². The number of halogens is 1. The van der Waals surface area contributed by atoms with Gasteiger partial charge in [0.2, 0.25) is 0 Å². The molecule has 1 amide bonds. The molecule has 1 atom stereocenters. The topological polar surface area (TPSA) is 131 Å². The molecule has 5 rings (SSSR count). The van der Waals surface area contributed by atoms with Crippen LogP contribution in [-0.4, -0.2) is 49.1 Å². The molecule has 0 aliphatic carbocycles. The number of para-hydroxylation sites is 2. The summed E-state index contributed by atoms with van der Waals surface area (Å²) in [6.45, 7) is 2.67. The second kappa shape index (κ2) is 10.6. The molecule has 0 aliphatic heterocycles. The lowest BCUT2D eigenvalue weighted by Crippen LogP contribution is -2.27. The number of hydrogen-bond acceptors (Lipinski definition) is 9. The second-order valence-electron chi connectivity index (χ2n) is 8.08. The highest BCUT2D eigenvalue weighted by molar-refractivity contribution is 7.18. The number of ether oxygens (including phenoxy) is 1. The van der Waals surface area contributed by atoms with Crippen LogP contribution in [0.15, 0.2) is 48.9 Å². The number of benzene rings is 1. The van der Waals surface area contributed by atoms with E-state index in [4.69, 9.17) is 4.74 Å². The first kappa shape index (κ1) is 23.5. The van der Waals surface area contributed by atoms with Crippen molar-refractivity contribution in [2.75, 3.05) is 18.5 Å². The Kier molecular flexibility index (Phi) is 6.94. The lowest BCUT2D eigenvalue weighted by atomic mass is 10.2. The highest BCUT2D eigenvalue weighted by Crippen LogP contribution is 2.25. The number of thiazole rings is 1. The summed E-state index contributed by atoms with van der Waals surface area (Å²) in [6, 6.07) is 10.7. The summed E-state index contributed by atoms with van der Waals surface area (Å²) in [5.41, 5.74) is 2.71. The molecule has 5 aromatic rings. The van der Waals surface area contributed by atoms with Crippen LogP contribution < -0.4 is 10.6 Å². The van der Waals surface area contributed by atoms with E-state index >= 15 is 0 Å². The van der Waals surface area contributed by atoms with Crippen molar-refractivity contribution in [2.24, 2.45) is 0 Å². The van der Waals surface area contributed by atoms with Crippen LogP contribution in [0.25, 0.3) is 21.4 Å². The highest BCUT2D eigenvalue weighted by atomic mass is 32.1. The number of nitrogens with zero attached hydrogens (tertiary/aromatic N) is 5. The number of nitrogens with one attached hydrogen (secondary N) is 3. The molecule has 0 saturated carbocycles. The van der Waals surface area contributed by atoms with Gasteiger partial charge in [0.25, 0.3) is 0 Å². The van der Waals surface area contributed by atoms with Gasteiger partial charge in [-0.05, 0) is 24.3 Å². The summed E-state index contributed by atoms with van der Waals surface area (Å²) in [7, 11) is 0. The minimum Gasteiger partial charge on any atom is -0.449 e. The SMILES string of the molecule is CC(COC(=O)NCCc1nc2c(NCc3ncccc3F)ncnc2s1)c1nc2ccccc2[nH]1. The molecule has 1 aromatic carbocycles. The molecule has 4 aromatic heterocycles. The van der Waals surface area contributed by atoms with Crippen LogP contribution in [0.4, 0.5) is 15.0 Å². The number of aromatic amines is 1. The Bertz CT molecular complexity index is 1470. The van der Waals surface area contributed by atoms with Crippen LogP contribution in [0, 0.1) is 5.82 Å². The van der Waals surface area contributed by atoms with Gasteiger partial charge in [-0.15, -0.1) is 0 Å². The maximum atomic E-state index is 13.8. The first-order valence-corrected chi connectivity index (χ1v) is 12.2. The van der Waals surface area contributed by atoms with E-state index in [1.807, 2.05) is 31.2 Å². The number of rotatable bonds is 9. The Hall–Kier alpha value is -4.19. The number of hydrogen-bond donors (Lipinski definition) is 3. The van der Waals surface area contributed by atoms with Gasteiger partial charge in [-0.2, -0.15) is 0 Å². The minimum atomic E-state index is -0.501. The summed E-state index contributed by atoms with van der Waals surface area (Å²) in [4.78, 5) is 37.8. The molecular weight excluding hydrogens is 483 g/mol. The molecule has 1 unspecified atom stereocenters. The molecule has 4 heterocycles. The largest absolute Gasteiger partial charge is 0.449 e. The number of aromatic nitrogens is 6. The van der Waals surface area contributed by atoms with E-state index in [1.165, 1.54) is 29.9 Å². The quantitative estimate of drug-likeness (QED) is 0.271. The number of carbonyl (C=O) groups excluding carboxylic acids is 1. The van der Waals surface area contributed by atoms with Gasteiger partial charge in [0.05, 0.1) is 28.3 Å². The Morgan fingerprint density at radius 3 is 2.92 bits per heavy atom. The van der Waals surface area contributed by atoms with Gasteiger partial charge in [-0.3, -0.25) is 4.98 Å². The Labute approximate surface area is 209 Å². The minimum absolute atomic E-state index is 0.0727. The number of imidazole rings is 1. The fraction of sp³-hybridized carbons (Fsp3) is 0.250. The third-order valence-corrected chi connectivity index (χ3v) is 6.47. The van der Waals surface area contributed by atoms with Gasteiger partial charge in [-0.1, -0.05) is 30.4 Å². The van der Waals surface area contributed by atoms with Gasteiger partial charge in [0, 0.05) is 25.1 Å². The number of H-pyrrole nitrogens is 1. The molecule has 0 bridgehead atoms. The zero-order chi connectivity index (χ0) is 24.9. The van der Waals surface area contributed by atoms with Crippen molar-refractivity contribution in [3.05, 3.63) is 71.3 Å². The maximum Gasteiger partial charge on any atom is 0.407 e. The normalized spacial score (nSPS) is 12.1. The molecule has 0 saturated heterocycles. The zero-order valence-corrected chi connectivity index (χ0v) is 20.2. The summed E-state index contributed by atoms with van der Waals surface area (Å²) in [5, 5.41) is 6.61. The van der Waals surface area contributed by atoms with E-state index in [0.717, 1.165) is 21.9 Å². The van der Waals surface area contributed by atoms with Gasteiger partial charge >= 0.3 is 6.09 Å². The highest BCUT2D eigenvalue weighted by Gasteiger charge is 2.15. The average Bonchev–Trinajstić information content (AvgIpc) is 3.51. The van der Waals surface area contributed by atoms with Gasteiger partial charge in [0.1, 0.15) is 34.9 Å². The lowest BCUT2D eigenvalue weighted by Gasteiger charge is -2.10. The molecule has 0 spiro atoms. The fourth-order valence-corrected chi connectivity index (χ4v) is 4.46. The molecule has 12 heteroatoms. The van der Waals surface area contributed by atoms with Crippen molar-refractivity contribution in [1.29, 1.82) is 0 Å². The van der Waals surface area contributed by atoms with E-state index < -0.39 is 6.09 Å². The smallest absolute Gasteiger partial charge is 0.407 e. The van der Waals surface area contributed by atoms with E-state index in [1.54, 1.807) is 6.07 Å². The predicted octanol–water partition coefficient (Wildman–Crippen LogP) is 4.18. The Balaban J connectivity index is 1.11. The summed E-state index contributed by atoms with van der Waals surface area (Å²) >= 11 is 1.41. The summed E-state index contributed by atoms with van der Waals surface area (Å²) < 4.78 is 19.2. The standard InChI is InChI=1S/C24H23FN8O2S/c1-14(21-31-16-6-2-3-7-17(16)32-21)12-35-24(34)27-10-8-19-33-20-22(29-13-30-23(20)36-19)28-11-18-15(25)5-4-9-26-18/h2-7,9,13-14H,8,10-12H2,1H3,(H,27,34)(H,31,32)(H,28,29,30). The monoisotopic (exact) mass is 506 g/mol. The Morgan fingerprint density at radius 1 is 1.17 bits per heavy atom. The molecule has 0 radical (unpaired) electrons. The molecule has 184 valence electrons. The van der Waals surface area contributed by atoms with Crippen LogP contribution in [0.3, 0.4) is 0 Å². The fourth-order valence-electron chi connectivity index (χ4n) is 3.56. The molecule has 10 nitrogen and oxygen atoms in total.